The third-order valence-corrected chi connectivity index (χ3v) is 3.61. The van der Waals surface area contributed by atoms with E-state index in [1.807, 2.05) is 0 Å². The minimum atomic E-state index is -0.580. The fourth-order valence-electron chi connectivity index (χ4n) is 2.51. The van der Waals surface area contributed by atoms with Gasteiger partial charge in [-0.2, -0.15) is 0 Å². The molecular formula is C13H17FN2O2. The van der Waals surface area contributed by atoms with Gasteiger partial charge in [0.2, 0.25) is 0 Å². The maximum atomic E-state index is 13.0. The van der Waals surface area contributed by atoms with Crippen molar-refractivity contribution in [2.75, 3.05) is 5.32 Å². The van der Waals surface area contributed by atoms with E-state index in [1.54, 1.807) is 0 Å². The number of nitrogens with zero attached hydrogens (tertiary/aromatic N) is 1. The van der Waals surface area contributed by atoms with E-state index in [0.29, 0.717) is 11.6 Å². The molecule has 98 valence electrons. The van der Waals surface area contributed by atoms with E-state index in [4.69, 9.17) is 0 Å². The second kappa shape index (κ2) is 5.33. The lowest BCUT2D eigenvalue weighted by Gasteiger charge is -2.30. The van der Waals surface area contributed by atoms with Gasteiger partial charge in [-0.3, -0.25) is 10.1 Å². The molecule has 0 aliphatic heterocycles. The van der Waals surface area contributed by atoms with E-state index in [2.05, 4.69) is 12.2 Å². The first kappa shape index (κ1) is 12.8. The quantitative estimate of drug-likeness (QED) is 0.658. The van der Waals surface area contributed by atoms with Gasteiger partial charge in [-0.25, -0.2) is 4.39 Å². The first-order valence-corrected chi connectivity index (χ1v) is 6.28. The van der Waals surface area contributed by atoms with Crippen LogP contribution in [0.2, 0.25) is 0 Å². The van der Waals surface area contributed by atoms with Crippen LogP contribution in [0.5, 0.6) is 0 Å². The van der Waals surface area contributed by atoms with Crippen molar-refractivity contribution in [2.45, 2.75) is 38.6 Å². The number of benzene rings is 1. The number of nitrogens with one attached hydrogen (secondary N) is 1. The molecule has 2 atom stereocenters. The minimum Gasteiger partial charge on any atom is -0.376 e. The molecule has 0 aromatic heterocycles. The summed E-state index contributed by atoms with van der Waals surface area (Å²) in [5.74, 6) is -0.0904. The molecule has 0 radical (unpaired) electrons. The van der Waals surface area contributed by atoms with E-state index in [9.17, 15) is 14.5 Å². The maximum absolute atomic E-state index is 13.0. The van der Waals surface area contributed by atoms with Crippen molar-refractivity contribution < 1.29 is 9.31 Å². The fourth-order valence-corrected chi connectivity index (χ4v) is 2.51. The number of nitro benzene ring substituents is 1. The Bertz CT molecular complexity index is 451. The third-order valence-electron chi connectivity index (χ3n) is 3.61. The van der Waals surface area contributed by atoms with Crippen LogP contribution in [-0.4, -0.2) is 11.0 Å². The predicted octanol–water partition coefficient (Wildman–Crippen LogP) is 3.72. The van der Waals surface area contributed by atoms with Gasteiger partial charge in [0.1, 0.15) is 11.5 Å². The Morgan fingerprint density at radius 1 is 1.39 bits per heavy atom. The SMILES string of the molecule is CC1CCCCC1Nc1ccc(F)cc1[N+](=O)[O-]. The number of nitro groups is 1. The molecule has 1 saturated carbocycles. The Labute approximate surface area is 105 Å². The molecule has 2 rings (SSSR count). The maximum Gasteiger partial charge on any atom is 0.295 e. The number of hydrogen-bond donors (Lipinski definition) is 1. The van der Waals surface area contributed by atoms with E-state index in [0.717, 1.165) is 25.3 Å². The zero-order valence-electron chi connectivity index (χ0n) is 10.4. The van der Waals surface area contributed by atoms with E-state index in [1.165, 1.54) is 18.6 Å². The molecule has 0 amide bonds. The summed E-state index contributed by atoms with van der Waals surface area (Å²) in [6.07, 6.45) is 4.49. The van der Waals surface area contributed by atoms with Gasteiger partial charge in [-0.05, 0) is 30.9 Å². The van der Waals surface area contributed by atoms with Crippen LogP contribution in [0.3, 0.4) is 0 Å². The highest BCUT2D eigenvalue weighted by Gasteiger charge is 2.24. The minimum absolute atomic E-state index is 0.187. The molecule has 18 heavy (non-hydrogen) atoms. The highest BCUT2D eigenvalue weighted by atomic mass is 19.1. The number of hydrogen-bond acceptors (Lipinski definition) is 3. The van der Waals surface area contributed by atoms with Gasteiger partial charge >= 0.3 is 0 Å². The molecule has 1 aliphatic carbocycles. The van der Waals surface area contributed by atoms with Crippen LogP contribution >= 0.6 is 0 Å². The van der Waals surface area contributed by atoms with Gasteiger partial charge in [0.25, 0.3) is 5.69 Å². The molecule has 4 nitrogen and oxygen atoms in total. The topological polar surface area (TPSA) is 55.2 Å². The summed E-state index contributed by atoms with van der Waals surface area (Å²) in [5, 5.41) is 14.1. The molecule has 0 spiro atoms. The summed E-state index contributed by atoms with van der Waals surface area (Å²) < 4.78 is 13.0. The first-order valence-electron chi connectivity index (χ1n) is 6.28. The number of halogens is 1. The second-order valence-electron chi connectivity index (χ2n) is 4.93. The third kappa shape index (κ3) is 2.78. The van der Waals surface area contributed by atoms with Gasteiger partial charge in [0.05, 0.1) is 11.0 Å². The lowest BCUT2D eigenvalue weighted by Crippen LogP contribution is -2.30. The zero-order valence-corrected chi connectivity index (χ0v) is 10.4. The molecule has 5 heteroatoms. The second-order valence-corrected chi connectivity index (χ2v) is 4.93. The van der Waals surface area contributed by atoms with Crippen LogP contribution in [0.1, 0.15) is 32.6 Å². The lowest BCUT2D eigenvalue weighted by atomic mass is 9.86. The van der Waals surface area contributed by atoms with Gasteiger partial charge in [0.15, 0.2) is 0 Å². The lowest BCUT2D eigenvalue weighted by molar-refractivity contribution is -0.384. The van der Waals surface area contributed by atoms with Gasteiger partial charge in [0, 0.05) is 6.04 Å². The molecule has 1 aliphatic rings. The standard InChI is InChI=1S/C13H17FN2O2/c1-9-4-2-3-5-11(9)15-12-7-6-10(14)8-13(12)16(17)18/h6-9,11,15H,2-5H2,1H3. The molecule has 0 heterocycles. The number of anilines is 1. The molecule has 1 fully saturated rings. The Kier molecular flexibility index (Phi) is 3.79. The summed E-state index contributed by atoms with van der Waals surface area (Å²) in [6.45, 7) is 2.15. The summed E-state index contributed by atoms with van der Waals surface area (Å²) >= 11 is 0. The summed E-state index contributed by atoms with van der Waals surface area (Å²) in [6, 6.07) is 3.91. The highest BCUT2D eigenvalue weighted by Crippen LogP contribution is 2.31. The van der Waals surface area contributed by atoms with Gasteiger partial charge in [-0.15, -0.1) is 0 Å². The van der Waals surface area contributed by atoms with Crippen LogP contribution in [0.15, 0.2) is 18.2 Å². The molecule has 1 aromatic carbocycles. The summed E-state index contributed by atoms with van der Waals surface area (Å²) in [4.78, 5) is 10.4. The summed E-state index contributed by atoms with van der Waals surface area (Å²) in [7, 11) is 0. The number of rotatable bonds is 3. The van der Waals surface area contributed by atoms with Crippen molar-refractivity contribution in [1.29, 1.82) is 0 Å². The molecule has 2 unspecified atom stereocenters. The highest BCUT2D eigenvalue weighted by molar-refractivity contribution is 5.61. The van der Waals surface area contributed by atoms with Crippen molar-refractivity contribution in [3.05, 3.63) is 34.1 Å². The van der Waals surface area contributed by atoms with Crippen molar-refractivity contribution in [3.63, 3.8) is 0 Å². The van der Waals surface area contributed by atoms with Gasteiger partial charge < -0.3 is 5.32 Å². The average molecular weight is 252 g/mol. The smallest absolute Gasteiger partial charge is 0.295 e. The van der Waals surface area contributed by atoms with Crippen molar-refractivity contribution >= 4 is 11.4 Å². The van der Waals surface area contributed by atoms with Crippen LogP contribution < -0.4 is 5.32 Å². The zero-order chi connectivity index (χ0) is 13.1. The first-order chi connectivity index (χ1) is 8.58. The predicted molar refractivity (Wildman–Crippen MR) is 68.1 cm³/mol. The van der Waals surface area contributed by atoms with Crippen molar-refractivity contribution in [2.24, 2.45) is 5.92 Å². The fraction of sp³-hybridized carbons (Fsp3) is 0.538. The monoisotopic (exact) mass is 252 g/mol. The Morgan fingerprint density at radius 3 is 2.78 bits per heavy atom. The van der Waals surface area contributed by atoms with Gasteiger partial charge in [-0.1, -0.05) is 19.8 Å². The van der Waals surface area contributed by atoms with Crippen LogP contribution in [0.25, 0.3) is 0 Å². The van der Waals surface area contributed by atoms with Crippen LogP contribution in [0.4, 0.5) is 15.8 Å². The Balaban J connectivity index is 2.20. The summed E-state index contributed by atoms with van der Waals surface area (Å²) in [5.41, 5.74) is 0.230. The van der Waals surface area contributed by atoms with E-state index in [-0.39, 0.29) is 11.7 Å². The van der Waals surface area contributed by atoms with Crippen molar-refractivity contribution in [3.8, 4) is 0 Å². The largest absolute Gasteiger partial charge is 0.376 e. The Morgan fingerprint density at radius 2 is 2.11 bits per heavy atom. The van der Waals surface area contributed by atoms with E-state index >= 15 is 0 Å². The molecule has 0 bridgehead atoms. The van der Waals surface area contributed by atoms with Crippen molar-refractivity contribution in [1.82, 2.24) is 0 Å². The van der Waals surface area contributed by atoms with Crippen LogP contribution in [0, 0.1) is 21.8 Å². The Hall–Kier alpha value is -1.65. The average Bonchev–Trinajstić information content (AvgIpc) is 2.34. The van der Waals surface area contributed by atoms with E-state index < -0.39 is 10.7 Å². The molecule has 1 N–H and O–H groups in total. The van der Waals surface area contributed by atoms with Crippen LogP contribution in [-0.2, 0) is 0 Å². The molecule has 0 saturated heterocycles. The normalized spacial score (nSPS) is 23.7. The molecular weight excluding hydrogens is 235 g/mol. The molecule has 1 aromatic rings.